The summed E-state index contributed by atoms with van der Waals surface area (Å²) in [4.78, 5) is 0. The summed E-state index contributed by atoms with van der Waals surface area (Å²) >= 11 is 4.24. The molecular weight excluding hydrogens is 408 g/mol. The van der Waals surface area contributed by atoms with Crippen LogP contribution in [0.25, 0.3) is 0 Å². The Morgan fingerprint density at radius 2 is 2.00 bits per heavy atom. The van der Waals surface area contributed by atoms with E-state index in [1.54, 1.807) is 0 Å². The molecule has 0 aromatic heterocycles. The lowest BCUT2D eigenvalue weighted by molar-refractivity contribution is -0.152. The smallest absolute Gasteiger partial charge is 0.163 e. The van der Waals surface area contributed by atoms with Gasteiger partial charge in [-0.3, -0.25) is 0 Å². The van der Waals surface area contributed by atoms with Gasteiger partial charge in [-0.25, -0.2) is 0 Å². The molecule has 0 spiro atoms. The van der Waals surface area contributed by atoms with Crippen LogP contribution in [-0.2, 0) is 9.47 Å². The molecule has 2 aliphatic heterocycles. The highest BCUT2D eigenvalue weighted by Gasteiger charge is 2.48. The van der Waals surface area contributed by atoms with Gasteiger partial charge in [0.1, 0.15) is 12.2 Å². The van der Waals surface area contributed by atoms with Gasteiger partial charge < -0.3 is 14.8 Å². The molecule has 14 heavy (non-hydrogen) atoms. The van der Waals surface area contributed by atoms with Gasteiger partial charge in [0.25, 0.3) is 0 Å². The summed E-state index contributed by atoms with van der Waals surface area (Å²) in [5.41, 5.74) is 0. The van der Waals surface area contributed by atoms with Gasteiger partial charge in [0.05, 0.1) is 0 Å². The van der Waals surface area contributed by atoms with Crippen LogP contribution in [0, 0.1) is 0 Å². The Morgan fingerprint density at radius 3 is 2.57 bits per heavy atom. The van der Waals surface area contributed by atoms with E-state index in [0.29, 0.717) is 6.04 Å². The number of halogens is 2. The van der Waals surface area contributed by atoms with Crippen molar-refractivity contribution < 1.29 is 9.47 Å². The Hall–Kier alpha value is 1.34. The highest BCUT2D eigenvalue weighted by molar-refractivity contribution is 15.0. The van der Waals surface area contributed by atoms with Gasteiger partial charge >= 0.3 is 0 Å². The maximum absolute atomic E-state index is 5.79. The minimum Gasteiger partial charge on any atom is -0.343 e. The molecule has 2 saturated heterocycles. The second kappa shape index (κ2) is 5.60. The van der Waals surface area contributed by atoms with Crippen LogP contribution in [0.1, 0.15) is 27.2 Å². The van der Waals surface area contributed by atoms with Crippen molar-refractivity contribution in [1.82, 2.24) is 5.32 Å². The topological polar surface area (TPSA) is 30.5 Å². The van der Waals surface area contributed by atoms with Crippen molar-refractivity contribution in [1.29, 1.82) is 0 Å². The van der Waals surface area contributed by atoms with Crippen LogP contribution in [0.2, 0.25) is 0 Å². The molecule has 3 atom stereocenters. The second-order valence-electron chi connectivity index (χ2n) is 4.06. The molecular formula is C9H17I2NO2. The zero-order valence-electron chi connectivity index (χ0n) is 8.72. The van der Waals surface area contributed by atoms with E-state index in [2.05, 4.69) is 49.5 Å². The zero-order valence-corrected chi connectivity index (χ0v) is 13.0. The third kappa shape index (κ3) is 2.93. The molecule has 0 bridgehead atoms. The Labute approximate surface area is 109 Å². The minimum atomic E-state index is -0.370. The van der Waals surface area contributed by atoms with Crippen molar-refractivity contribution in [3.05, 3.63) is 0 Å². The van der Waals surface area contributed by atoms with E-state index < -0.39 is 0 Å². The average Bonchev–Trinajstić information content (AvgIpc) is 2.63. The number of fused-ring (bicyclic) bond motifs is 1. The predicted octanol–water partition coefficient (Wildman–Crippen LogP) is 2.66. The van der Waals surface area contributed by atoms with Crippen LogP contribution in [-0.4, -0.2) is 30.6 Å². The van der Waals surface area contributed by atoms with Gasteiger partial charge in [0.2, 0.25) is 0 Å². The first-order valence-corrected chi connectivity index (χ1v) is 11.1. The summed E-state index contributed by atoms with van der Waals surface area (Å²) in [6, 6.07) is 0.483. The van der Waals surface area contributed by atoms with Gasteiger partial charge in [-0.1, -0.05) is 6.92 Å². The SMILES string of the molecule is CCC1NCC2OC(C)(C)OC12.II. The lowest BCUT2D eigenvalue weighted by Crippen LogP contribution is -2.34. The summed E-state index contributed by atoms with van der Waals surface area (Å²) in [6.45, 7) is 7.08. The summed E-state index contributed by atoms with van der Waals surface area (Å²) in [5, 5.41) is 3.40. The molecule has 2 aliphatic rings. The Bertz CT molecular complexity index is 190. The van der Waals surface area contributed by atoms with Gasteiger partial charge in [-0.05, 0) is 20.3 Å². The Kier molecular flexibility index (Phi) is 5.37. The van der Waals surface area contributed by atoms with E-state index in [-0.39, 0.29) is 18.0 Å². The number of nitrogens with one attached hydrogen (secondary N) is 1. The van der Waals surface area contributed by atoms with E-state index in [0.717, 1.165) is 13.0 Å². The van der Waals surface area contributed by atoms with Crippen molar-refractivity contribution in [2.24, 2.45) is 0 Å². The normalized spacial score (nSPS) is 38.8. The molecule has 0 aromatic carbocycles. The van der Waals surface area contributed by atoms with Crippen LogP contribution in [0.15, 0.2) is 0 Å². The van der Waals surface area contributed by atoms with Crippen LogP contribution in [0.3, 0.4) is 0 Å². The molecule has 0 aliphatic carbocycles. The van der Waals surface area contributed by atoms with Crippen LogP contribution in [0.5, 0.6) is 0 Å². The average molecular weight is 425 g/mol. The fourth-order valence-electron chi connectivity index (χ4n) is 2.12. The van der Waals surface area contributed by atoms with Crippen LogP contribution in [0.4, 0.5) is 0 Å². The molecule has 5 heteroatoms. The number of rotatable bonds is 1. The molecule has 2 fully saturated rings. The van der Waals surface area contributed by atoms with E-state index in [9.17, 15) is 0 Å². The van der Waals surface area contributed by atoms with E-state index in [4.69, 9.17) is 9.47 Å². The highest BCUT2D eigenvalue weighted by Crippen LogP contribution is 2.33. The summed E-state index contributed by atoms with van der Waals surface area (Å²) in [7, 11) is 0. The molecule has 2 heterocycles. The Morgan fingerprint density at radius 1 is 1.36 bits per heavy atom. The molecule has 3 unspecified atom stereocenters. The molecule has 0 radical (unpaired) electrons. The predicted molar refractivity (Wildman–Crippen MR) is 73.9 cm³/mol. The molecule has 84 valence electrons. The van der Waals surface area contributed by atoms with Gasteiger partial charge in [0.15, 0.2) is 5.79 Å². The fourth-order valence-corrected chi connectivity index (χ4v) is 2.12. The monoisotopic (exact) mass is 425 g/mol. The van der Waals surface area contributed by atoms with Gasteiger partial charge in [-0.15, -0.1) is 0 Å². The molecule has 0 saturated carbocycles. The molecule has 3 nitrogen and oxygen atoms in total. The summed E-state index contributed by atoms with van der Waals surface area (Å²) in [5.74, 6) is -0.370. The molecule has 1 N–H and O–H groups in total. The fraction of sp³-hybridized carbons (Fsp3) is 1.00. The second-order valence-corrected chi connectivity index (χ2v) is 4.06. The van der Waals surface area contributed by atoms with E-state index in [1.807, 2.05) is 13.8 Å². The largest absolute Gasteiger partial charge is 0.343 e. The first kappa shape index (κ1) is 13.4. The lowest BCUT2D eigenvalue weighted by Gasteiger charge is -2.21. The first-order chi connectivity index (χ1) is 6.62. The van der Waals surface area contributed by atoms with Gasteiger partial charge in [-0.2, -0.15) is 0 Å². The number of hydrogen-bond donors (Lipinski definition) is 1. The maximum Gasteiger partial charge on any atom is 0.163 e. The molecule has 0 aromatic rings. The number of hydrogen-bond acceptors (Lipinski definition) is 3. The van der Waals surface area contributed by atoms with Crippen molar-refractivity contribution in [3.63, 3.8) is 0 Å². The summed E-state index contributed by atoms with van der Waals surface area (Å²) < 4.78 is 11.5. The van der Waals surface area contributed by atoms with Crippen LogP contribution >= 0.6 is 37.2 Å². The third-order valence-corrected chi connectivity index (χ3v) is 2.64. The minimum absolute atomic E-state index is 0.268. The zero-order chi connectivity index (χ0) is 10.8. The quantitative estimate of drug-likeness (QED) is 0.656. The maximum atomic E-state index is 5.79. The van der Waals surface area contributed by atoms with Crippen molar-refractivity contribution in [2.75, 3.05) is 6.54 Å². The molecule has 2 rings (SSSR count). The third-order valence-electron chi connectivity index (χ3n) is 2.64. The van der Waals surface area contributed by atoms with Crippen molar-refractivity contribution in [2.45, 2.75) is 51.2 Å². The first-order valence-electron chi connectivity index (χ1n) is 4.86. The van der Waals surface area contributed by atoms with Crippen molar-refractivity contribution >= 4 is 37.2 Å². The van der Waals surface area contributed by atoms with Crippen molar-refractivity contribution in [3.8, 4) is 0 Å². The van der Waals surface area contributed by atoms with Gasteiger partial charge in [0, 0.05) is 49.8 Å². The summed E-state index contributed by atoms with van der Waals surface area (Å²) in [6.07, 6.45) is 1.65. The van der Waals surface area contributed by atoms with Crippen LogP contribution < -0.4 is 5.32 Å². The van der Waals surface area contributed by atoms with E-state index in [1.165, 1.54) is 0 Å². The highest BCUT2D eigenvalue weighted by atomic mass is 128. The lowest BCUT2D eigenvalue weighted by atomic mass is 10.1. The Balaban J connectivity index is 0.000000461. The standard InChI is InChI=1S/C9H17NO2.I2/c1-4-6-8-7(5-10-6)11-9(2,3)12-8;1-2/h6-8,10H,4-5H2,1-3H3;. The molecule has 0 amide bonds. The number of ether oxygens (including phenoxy) is 2. The van der Waals surface area contributed by atoms with E-state index >= 15 is 0 Å².